The maximum Gasteiger partial charge on any atom is 0.416 e. The highest BCUT2D eigenvalue weighted by Gasteiger charge is 2.30. The number of halogens is 4. The molecule has 2 aromatic carbocycles. The Morgan fingerprint density at radius 1 is 1.00 bits per heavy atom. The molecule has 8 heteroatoms. The number of anilines is 3. The lowest BCUT2D eigenvalue weighted by molar-refractivity contribution is -0.137. The van der Waals surface area contributed by atoms with Gasteiger partial charge in [-0.25, -0.2) is 4.98 Å². The Hall–Kier alpha value is -2.80. The number of rotatable bonds is 6. The van der Waals surface area contributed by atoms with Crippen molar-refractivity contribution in [3.63, 3.8) is 0 Å². The van der Waals surface area contributed by atoms with Gasteiger partial charge in [0, 0.05) is 23.5 Å². The number of nitrogens with one attached hydrogen (secondary N) is 2. The molecule has 0 aliphatic carbocycles. The Morgan fingerprint density at radius 3 is 2.59 bits per heavy atom. The molecular formula is C19H16ClF3N4. The number of nitrogens with zero attached hydrogens (tertiary/aromatic N) is 2. The molecule has 0 amide bonds. The number of aromatic nitrogens is 2. The third-order valence-corrected chi connectivity index (χ3v) is 3.94. The number of alkyl halides is 3. The first-order valence-corrected chi connectivity index (χ1v) is 8.53. The van der Waals surface area contributed by atoms with E-state index in [2.05, 4.69) is 20.6 Å². The second kappa shape index (κ2) is 8.26. The molecular weight excluding hydrogens is 377 g/mol. The van der Waals surface area contributed by atoms with E-state index in [-0.39, 0.29) is 0 Å². The van der Waals surface area contributed by atoms with Crippen LogP contribution in [-0.2, 0) is 12.6 Å². The zero-order valence-electron chi connectivity index (χ0n) is 14.1. The summed E-state index contributed by atoms with van der Waals surface area (Å²) in [5.41, 5.74) is 0.656. The van der Waals surface area contributed by atoms with E-state index >= 15 is 0 Å². The fraction of sp³-hybridized carbons (Fsp3) is 0.158. The number of benzene rings is 2. The van der Waals surface area contributed by atoms with Crippen LogP contribution in [0.3, 0.4) is 0 Å². The summed E-state index contributed by atoms with van der Waals surface area (Å²) >= 11 is 5.95. The number of hydrogen-bond donors (Lipinski definition) is 2. The van der Waals surface area contributed by atoms with Gasteiger partial charge in [0.05, 0.1) is 5.56 Å². The third kappa shape index (κ3) is 5.59. The van der Waals surface area contributed by atoms with Crippen molar-refractivity contribution < 1.29 is 13.2 Å². The Balaban J connectivity index is 1.62. The second-order valence-electron chi connectivity index (χ2n) is 5.78. The van der Waals surface area contributed by atoms with Crippen LogP contribution in [-0.4, -0.2) is 16.5 Å². The Bertz CT molecular complexity index is 915. The van der Waals surface area contributed by atoms with Crippen LogP contribution in [0.15, 0.2) is 60.8 Å². The van der Waals surface area contributed by atoms with E-state index in [1.54, 1.807) is 12.1 Å². The topological polar surface area (TPSA) is 49.8 Å². The van der Waals surface area contributed by atoms with Gasteiger partial charge in [-0.1, -0.05) is 29.8 Å². The summed E-state index contributed by atoms with van der Waals surface area (Å²) in [6.07, 6.45) is -2.13. The summed E-state index contributed by atoms with van der Waals surface area (Å²) < 4.78 is 38.4. The van der Waals surface area contributed by atoms with Crippen molar-refractivity contribution in [1.82, 2.24) is 9.97 Å². The van der Waals surface area contributed by atoms with Crippen molar-refractivity contribution in [3.05, 3.63) is 76.9 Å². The molecule has 0 radical (unpaired) electrons. The Morgan fingerprint density at radius 2 is 1.81 bits per heavy atom. The van der Waals surface area contributed by atoms with Crippen LogP contribution in [0, 0.1) is 0 Å². The number of hydrogen-bond acceptors (Lipinski definition) is 4. The predicted molar refractivity (Wildman–Crippen MR) is 100 cm³/mol. The highest BCUT2D eigenvalue weighted by molar-refractivity contribution is 6.30. The average Bonchev–Trinajstić information content (AvgIpc) is 2.62. The van der Waals surface area contributed by atoms with Crippen molar-refractivity contribution >= 4 is 29.1 Å². The maximum absolute atomic E-state index is 12.8. The SMILES string of the molecule is FC(F)(F)c1cccc(Nc2ccnc(NCCc3cccc(Cl)c3)n2)c1. The van der Waals surface area contributed by atoms with Crippen LogP contribution < -0.4 is 10.6 Å². The maximum atomic E-state index is 12.8. The van der Waals surface area contributed by atoms with Gasteiger partial charge in [-0.2, -0.15) is 18.2 Å². The van der Waals surface area contributed by atoms with Crippen LogP contribution in [0.4, 0.5) is 30.6 Å². The van der Waals surface area contributed by atoms with Crippen molar-refractivity contribution in [3.8, 4) is 0 Å². The molecule has 0 unspecified atom stereocenters. The van der Waals surface area contributed by atoms with Gasteiger partial charge in [0.1, 0.15) is 5.82 Å². The smallest absolute Gasteiger partial charge is 0.354 e. The molecule has 3 aromatic rings. The van der Waals surface area contributed by atoms with E-state index in [1.165, 1.54) is 12.3 Å². The fourth-order valence-electron chi connectivity index (χ4n) is 2.45. The van der Waals surface area contributed by atoms with Gasteiger partial charge in [-0.05, 0) is 48.4 Å². The molecule has 140 valence electrons. The summed E-state index contributed by atoms with van der Waals surface area (Å²) in [5.74, 6) is 0.781. The molecule has 1 aromatic heterocycles. The van der Waals surface area contributed by atoms with Gasteiger partial charge in [0.2, 0.25) is 5.95 Å². The minimum atomic E-state index is -4.39. The van der Waals surface area contributed by atoms with E-state index in [9.17, 15) is 13.2 Å². The Kier molecular flexibility index (Phi) is 5.81. The summed E-state index contributed by atoms with van der Waals surface area (Å²) in [7, 11) is 0. The first kappa shape index (κ1) is 19.0. The predicted octanol–water partition coefficient (Wildman–Crippen LogP) is 5.55. The molecule has 27 heavy (non-hydrogen) atoms. The minimum Gasteiger partial charge on any atom is -0.354 e. The normalized spacial score (nSPS) is 11.3. The highest BCUT2D eigenvalue weighted by atomic mass is 35.5. The van der Waals surface area contributed by atoms with E-state index in [4.69, 9.17) is 11.6 Å². The summed E-state index contributed by atoms with van der Waals surface area (Å²) in [4.78, 5) is 8.39. The van der Waals surface area contributed by atoms with Gasteiger partial charge in [-0.15, -0.1) is 0 Å². The van der Waals surface area contributed by atoms with Crippen LogP contribution in [0.2, 0.25) is 5.02 Å². The van der Waals surface area contributed by atoms with E-state index in [1.807, 2.05) is 24.3 Å². The van der Waals surface area contributed by atoms with Gasteiger partial charge in [0.15, 0.2) is 0 Å². The zero-order chi connectivity index (χ0) is 19.3. The van der Waals surface area contributed by atoms with Gasteiger partial charge in [-0.3, -0.25) is 0 Å². The van der Waals surface area contributed by atoms with Crippen LogP contribution in [0.5, 0.6) is 0 Å². The van der Waals surface area contributed by atoms with Gasteiger partial charge in [0.25, 0.3) is 0 Å². The molecule has 0 saturated carbocycles. The van der Waals surface area contributed by atoms with Crippen LogP contribution in [0.25, 0.3) is 0 Å². The van der Waals surface area contributed by atoms with E-state index in [0.717, 1.165) is 24.1 Å². The molecule has 0 aliphatic heterocycles. The van der Waals surface area contributed by atoms with Crippen molar-refractivity contribution in [1.29, 1.82) is 0 Å². The summed E-state index contributed by atoms with van der Waals surface area (Å²) in [6.45, 7) is 0.591. The highest BCUT2D eigenvalue weighted by Crippen LogP contribution is 2.31. The largest absolute Gasteiger partial charge is 0.416 e. The van der Waals surface area contributed by atoms with Gasteiger partial charge >= 0.3 is 6.18 Å². The monoisotopic (exact) mass is 392 g/mol. The lowest BCUT2D eigenvalue weighted by Crippen LogP contribution is -2.09. The average molecular weight is 393 g/mol. The molecule has 0 bridgehead atoms. The molecule has 0 fully saturated rings. The first-order chi connectivity index (χ1) is 12.9. The fourth-order valence-corrected chi connectivity index (χ4v) is 2.66. The molecule has 0 aliphatic rings. The van der Waals surface area contributed by atoms with Crippen LogP contribution in [0.1, 0.15) is 11.1 Å². The zero-order valence-corrected chi connectivity index (χ0v) is 14.8. The van der Waals surface area contributed by atoms with Crippen molar-refractivity contribution in [2.24, 2.45) is 0 Å². The molecule has 0 saturated heterocycles. The van der Waals surface area contributed by atoms with E-state index < -0.39 is 11.7 Å². The molecule has 0 atom stereocenters. The molecule has 4 nitrogen and oxygen atoms in total. The summed E-state index contributed by atoms with van der Waals surface area (Å²) in [6, 6.07) is 14.1. The quantitative estimate of drug-likeness (QED) is 0.577. The van der Waals surface area contributed by atoms with Crippen LogP contribution >= 0.6 is 11.6 Å². The second-order valence-corrected chi connectivity index (χ2v) is 6.21. The van der Waals surface area contributed by atoms with Crippen molar-refractivity contribution in [2.45, 2.75) is 12.6 Å². The molecule has 1 heterocycles. The third-order valence-electron chi connectivity index (χ3n) is 3.70. The lowest BCUT2D eigenvalue weighted by atomic mass is 10.1. The summed E-state index contributed by atoms with van der Waals surface area (Å²) in [5, 5.41) is 6.63. The standard InChI is InChI=1S/C19H16ClF3N4/c20-15-5-1-3-13(11-15)7-9-24-18-25-10-8-17(27-18)26-16-6-2-4-14(12-16)19(21,22)23/h1-6,8,10-12H,7,9H2,(H2,24,25,26,27). The van der Waals surface area contributed by atoms with Gasteiger partial charge < -0.3 is 10.6 Å². The Labute approximate surface area is 159 Å². The van der Waals surface area contributed by atoms with Crippen molar-refractivity contribution in [2.75, 3.05) is 17.2 Å². The molecule has 2 N–H and O–H groups in total. The molecule has 0 spiro atoms. The van der Waals surface area contributed by atoms with E-state index in [0.29, 0.717) is 29.0 Å². The lowest BCUT2D eigenvalue weighted by Gasteiger charge is -2.11. The molecule has 3 rings (SSSR count). The first-order valence-electron chi connectivity index (χ1n) is 8.16. The minimum absolute atomic E-state index is 0.299.